The Kier molecular flexibility index (Phi) is 9.29. The molecule has 8 heteroatoms. The number of hydrazone groups is 1. The highest BCUT2D eigenvalue weighted by Gasteiger charge is 2.26. The van der Waals surface area contributed by atoms with Gasteiger partial charge in [0.05, 0.1) is 23.8 Å². The molecule has 1 aromatic rings. The number of aromatic amines is 1. The average molecular weight is 518 g/mol. The van der Waals surface area contributed by atoms with Crippen LogP contribution in [0.1, 0.15) is 56.9 Å². The molecule has 0 bridgehead atoms. The van der Waals surface area contributed by atoms with Crippen molar-refractivity contribution < 1.29 is 9.53 Å². The van der Waals surface area contributed by atoms with Gasteiger partial charge in [0.25, 0.3) is 5.56 Å². The van der Waals surface area contributed by atoms with Gasteiger partial charge in [-0.2, -0.15) is 5.10 Å². The number of hydrogen-bond donors (Lipinski definition) is 2. The predicted molar refractivity (Wildman–Crippen MR) is 156 cm³/mol. The predicted octanol–water partition coefficient (Wildman–Crippen LogP) is 4.43. The van der Waals surface area contributed by atoms with Crippen molar-refractivity contribution in [2.24, 2.45) is 21.9 Å². The van der Waals surface area contributed by atoms with Crippen molar-refractivity contribution in [1.82, 2.24) is 10.3 Å². The van der Waals surface area contributed by atoms with Crippen LogP contribution in [-0.4, -0.2) is 55.7 Å². The molecule has 8 nitrogen and oxygen atoms in total. The monoisotopic (exact) mass is 517 g/mol. The Morgan fingerprint density at radius 3 is 2.84 bits per heavy atom. The molecular weight excluding hydrogens is 478 g/mol. The average Bonchev–Trinajstić information content (AvgIpc) is 3.20. The summed E-state index contributed by atoms with van der Waals surface area (Å²) in [6.07, 6.45) is 16.3. The van der Waals surface area contributed by atoms with Crippen molar-refractivity contribution in [3.05, 3.63) is 62.6 Å². The molecule has 2 aliphatic heterocycles. The number of aromatic nitrogens is 1. The first-order valence-corrected chi connectivity index (χ1v) is 13.5. The summed E-state index contributed by atoms with van der Waals surface area (Å²) >= 11 is 0. The standard InChI is InChI=1S/C30H39N5O3/c1-5-33-35(19-23-12-16-38-17-13-23)28-22(4)29(36)34-27-18-21(3)24(9-10-25(27)28)30(37)32-15-11-26-20(2)8-6-7-14-31-26/h5-10,18,23-24H,11-17,19H2,1-4H3,(H,32,37)(H,34,36)/b33-5-. The number of rotatable bonds is 8. The zero-order chi connectivity index (χ0) is 27.1. The van der Waals surface area contributed by atoms with Gasteiger partial charge in [0, 0.05) is 55.8 Å². The summed E-state index contributed by atoms with van der Waals surface area (Å²) < 4.78 is 5.54. The van der Waals surface area contributed by atoms with E-state index in [4.69, 9.17) is 4.74 Å². The number of pyridine rings is 1. The van der Waals surface area contributed by atoms with E-state index in [1.807, 2.05) is 63.1 Å². The Balaban J connectivity index is 1.56. The maximum Gasteiger partial charge on any atom is 0.253 e. The van der Waals surface area contributed by atoms with Gasteiger partial charge in [-0.3, -0.25) is 19.6 Å². The molecule has 1 aromatic heterocycles. The second-order valence-electron chi connectivity index (χ2n) is 10.1. The third-order valence-electron chi connectivity index (χ3n) is 7.36. The van der Waals surface area contributed by atoms with E-state index in [-0.39, 0.29) is 11.5 Å². The van der Waals surface area contributed by atoms with Crippen LogP contribution in [0.2, 0.25) is 0 Å². The highest BCUT2D eigenvalue weighted by Crippen LogP contribution is 2.33. The summed E-state index contributed by atoms with van der Waals surface area (Å²) in [7, 11) is 0. The number of nitrogens with zero attached hydrogens (tertiary/aromatic N) is 3. The number of aliphatic imine (C=N–C) groups is 1. The van der Waals surface area contributed by atoms with Crippen LogP contribution in [0.4, 0.5) is 5.69 Å². The fourth-order valence-corrected chi connectivity index (χ4v) is 5.15. The molecule has 38 heavy (non-hydrogen) atoms. The second kappa shape index (κ2) is 12.8. The van der Waals surface area contributed by atoms with Crippen molar-refractivity contribution in [2.45, 2.75) is 47.0 Å². The number of anilines is 1. The number of fused-ring (bicyclic) bond motifs is 1. The van der Waals surface area contributed by atoms with Gasteiger partial charge in [0.1, 0.15) is 0 Å². The lowest BCUT2D eigenvalue weighted by molar-refractivity contribution is -0.122. The van der Waals surface area contributed by atoms with Crippen LogP contribution < -0.4 is 15.9 Å². The van der Waals surface area contributed by atoms with Gasteiger partial charge >= 0.3 is 0 Å². The number of amides is 1. The molecule has 1 atom stereocenters. The fraction of sp³-hybridized carbons (Fsp3) is 0.467. The molecule has 1 unspecified atom stereocenters. The van der Waals surface area contributed by atoms with E-state index in [1.165, 1.54) is 0 Å². The molecular formula is C30H39N5O3. The van der Waals surface area contributed by atoms with Gasteiger partial charge in [-0.15, -0.1) is 0 Å². The molecule has 4 rings (SSSR count). The van der Waals surface area contributed by atoms with Crippen LogP contribution in [0.5, 0.6) is 0 Å². The molecule has 1 amide bonds. The third kappa shape index (κ3) is 6.48. The first-order valence-electron chi connectivity index (χ1n) is 13.5. The lowest BCUT2D eigenvalue weighted by Crippen LogP contribution is -2.32. The van der Waals surface area contributed by atoms with Crippen molar-refractivity contribution in [3.63, 3.8) is 0 Å². The second-order valence-corrected chi connectivity index (χ2v) is 10.1. The smallest absolute Gasteiger partial charge is 0.253 e. The molecule has 3 aliphatic rings. The minimum atomic E-state index is -0.438. The van der Waals surface area contributed by atoms with Crippen molar-refractivity contribution in [3.8, 4) is 0 Å². The van der Waals surface area contributed by atoms with Crippen LogP contribution in [-0.2, 0) is 9.53 Å². The molecule has 0 spiro atoms. The molecule has 202 valence electrons. The van der Waals surface area contributed by atoms with E-state index in [0.717, 1.165) is 54.2 Å². The van der Waals surface area contributed by atoms with Crippen LogP contribution in [0, 0.1) is 18.8 Å². The minimum absolute atomic E-state index is 0.0666. The highest BCUT2D eigenvalue weighted by atomic mass is 16.5. The van der Waals surface area contributed by atoms with Gasteiger partial charge in [-0.1, -0.05) is 36.0 Å². The van der Waals surface area contributed by atoms with Gasteiger partial charge in [-0.25, -0.2) is 0 Å². The molecule has 2 N–H and O–H groups in total. The third-order valence-corrected chi connectivity index (χ3v) is 7.36. The van der Waals surface area contributed by atoms with E-state index in [2.05, 4.69) is 26.5 Å². The molecule has 3 heterocycles. The Morgan fingerprint density at radius 2 is 2.08 bits per heavy atom. The lowest BCUT2D eigenvalue weighted by Gasteiger charge is -2.30. The van der Waals surface area contributed by atoms with Gasteiger partial charge in [0.2, 0.25) is 5.91 Å². The largest absolute Gasteiger partial charge is 0.381 e. The maximum absolute atomic E-state index is 13.2. The molecule has 1 fully saturated rings. The van der Waals surface area contributed by atoms with E-state index >= 15 is 0 Å². The molecule has 0 saturated carbocycles. The molecule has 1 aliphatic carbocycles. The summed E-state index contributed by atoms with van der Waals surface area (Å²) in [4.78, 5) is 33.8. The summed E-state index contributed by atoms with van der Waals surface area (Å²) in [6, 6.07) is 0. The normalized spacial score (nSPS) is 19.8. The first kappa shape index (κ1) is 27.5. The van der Waals surface area contributed by atoms with Crippen molar-refractivity contribution >= 4 is 35.7 Å². The van der Waals surface area contributed by atoms with E-state index in [0.29, 0.717) is 43.2 Å². The lowest BCUT2D eigenvalue weighted by atomic mass is 9.99. The van der Waals surface area contributed by atoms with Crippen LogP contribution in [0.15, 0.2) is 50.3 Å². The van der Waals surface area contributed by atoms with Crippen LogP contribution in [0.25, 0.3) is 12.2 Å². The number of hydrogen-bond acceptors (Lipinski definition) is 6. The Morgan fingerprint density at radius 1 is 1.29 bits per heavy atom. The molecule has 0 aromatic carbocycles. The fourth-order valence-electron chi connectivity index (χ4n) is 5.15. The zero-order valence-electron chi connectivity index (χ0n) is 22.9. The number of ether oxygens (including phenoxy) is 1. The van der Waals surface area contributed by atoms with Gasteiger partial charge < -0.3 is 15.0 Å². The van der Waals surface area contributed by atoms with Crippen molar-refractivity contribution in [2.75, 3.05) is 37.9 Å². The van der Waals surface area contributed by atoms with Crippen LogP contribution >= 0.6 is 0 Å². The summed E-state index contributed by atoms with van der Waals surface area (Å²) in [5.41, 5.74) is 5.83. The number of carbonyl (C=O) groups excluding carboxylic acids is 1. The van der Waals surface area contributed by atoms with E-state index < -0.39 is 5.92 Å². The van der Waals surface area contributed by atoms with Crippen molar-refractivity contribution in [1.29, 1.82) is 0 Å². The Labute approximate surface area is 225 Å². The number of allylic oxidation sites excluding steroid dienone is 3. The minimum Gasteiger partial charge on any atom is -0.381 e. The molecule has 1 saturated heterocycles. The Bertz CT molecular complexity index is 1280. The Hall–Kier alpha value is -3.52. The molecule has 0 radical (unpaired) electrons. The first-order chi connectivity index (χ1) is 18.4. The number of carbonyl (C=O) groups is 1. The number of H-pyrrole nitrogens is 1. The number of nitrogens with one attached hydrogen (secondary N) is 2. The SMILES string of the molecule is C/C=N\N(CC1CCOCC1)c1c2c([nH]c(=O)c1C)C=C(C)C(C(=O)NCCC1=NCC=CC=C1C)C=C2. The van der Waals surface area contributed by atoms with Crippen LogP contribution in [0.3, 0.4) is 0 Å². The van der Waals surface area contributed by atoms with E-state index in [9.17, 15) is 9.59 Å². The zero-order valence-corrected chi connectivity index (χ0v) is 22.9. The van der Waals surface area contributed by atoms with Gasteiger partial charge in [-0.05, 0) is 58.1 Å². The van der Waals surface area contributed by atoms with E-state index in [1.54, 1.807) is 6.21 Å². The maximum atomic E-state index is 13.2. The summed E-state index contributed by atoms with van der Waals surface area (Å²) in [5.74, 6) is -0.0743. The quantitative estimate of drug-likeness (QED) is 0.394. The topological polar surface area (TPSA) is 99.1 Å². The van der Waals surface area contributed by atoms with Gasteiger partial charge in [0.15, 0.2) is 0 Å². The summed E-state index contributed by atoms with van der Waals surface area (Å²) in [6.45, 7) is 11.1. The highest BCUT2D eigenvalue weighted by molar-refractivity contribution is 6.00. The summed E-state index contributed by atoms with van der Waals surface area (Å²) in [5, 5.41) is 9.69.